The molecule has 0 bridgehead atoms. The lowest BCUT2D eigenvalue weighted by Gasteiger charge is -2.12. The molecule has 0 aliphatic heterocycles. The predicted octanol–water partition coefficient (Wildman–Crippen LogP) is 1.55. The first-order chi connectivity index (χ1) is 9.83. The third-order valence-corrected chi connectivity index (χ3v) is 3.15. The number of nitrogens with one attached hydrogen (secondary N) is 1. The van der Waals surface area contributed by atoms with Gasteiger partial charge in [-0.3, -0.25) is 0 Å². The summed E-state index contributed by atoms with van der Waals surface area (Å²) in [7, 11) is 0. The van der Waals surface area contributed by atoms with E-state index in [-0.39, 0.29) is 0 Å². The van der Waals surface area contributed by atoms with Crippen molar-refractivity contribution in [3.63, 3.8) is 0 Å². The summed E-state index contributed by atoms with van der Waals surface area (Å²) in [6.45, 7) is 1.15. The first-order valence-electron chi connectivity index (χ1n) is 6.55. The highest BCUT2D eigenvalue weighted by Crippen LogP contribution is 2.10. The third kappa shape index (κ3) is 2.84. The molecule has 5 heteroatoms. The van der Waals surface area contributed by atoms with Crippen LogP contribution < -0.4 is 5.32 Å². The molecule has 3 rings (SSSR count). The first kappa shape index (κ1) is 12.8. The van der Waals surface area contributed by atoms with Crippen LogP contribution in [0.25, 0.3) is 5.65 Å². The molecule has 1 aromatic carbocycles. The van der Waals surface area contributed by atoms with E-state index in [1.807, 2.05) is 48.8 Å². The number of rotatable bonds is 5. The molecule has 2 heterocycles. The van der Waals surface area contributed by atoms with Crippen molar-refractivity contribution >= 4 is 5.65 Å². The summed E-state index contributed by atoms with van der Waals surface area (Å²) in [5.74, 6) is 0. The van der Waals surface area contributed by atoms with Crippen molar-refractivity contribution < 1.29 is 5.11 Å². The van der Waals surface area contributed by atoms with Crippen LogP contribution in [0, 0.1) is 0 Å². The van der Waals surface area contributed by atoms with Gasteiger partial charge in [0.25, 0.3) is 0 Å². The Labute approximate surface area is 116 Å². The van der Waals surface area contributed by atoms with Crippen LogP contribution in [0.1, 0.15) is 17.2 Å². The SMILES string of the molecule is O[C@H](CNCc1cnc2ccnn2c1)c1ccccc1. The van der Waals surface area contributed by atoms with Gasteiger partial charge in [-0.2, -0.15) is 5.10 Å². The van der Waals surface area contributed by atoms with E-state index >= 15 is 0 Å². The molecule has 20 heavy (non-hydrogen) atoms. The summed E-state index contributed by atoms with van der Waals surface area (Å²) in [6, 6.07) is 11.5. The van der Waals surface area contributed by atoms with Crippen LogP contribution in [0.3, 0.4) is 0 Å². The zero-order valence-corrected chi connectivity index (χ0v) is 11.0. The minimum atomic E-state index is -0.502. The highest BCUT2D eigenvalue weighted by molar-refractivity contribution is 5.35. The van der Waals surface area contributed by atoms with E-state index in [1.54, 1.807) is 10.7 Å². The van der Waals surface area contributed by atoms with E-state index in [2.05, 4.69) is 15.4 Å². The maximum absolute atomic E-state index is 10.0. The molecule has 0 aliphatic rings. The molecule has 2 N–H and O–H groups in total. The minimum absolute atomic E-state index is 0.501. The average molecular weight is 268 g/mol. The van der Waals surface area contributed by atoms with Crippen molar-refractivity contribution in [3.05, 3.63) is 66.1 Å². The first-order valence-corrected chi connectivity index (χ1v) is 6.55. The summed E-state index contributed by atoms with van der Waals surface area (Å²) < 4.78 is 1.74. The molecule has 0 saturated heterocycles. The Morgan fingerprint density at radius 3 is 2.90 bits per heavy atom. The Bertz CT molecular complexity index is 680. The predicted molar refractivity (Wildman–Crippen MR) is 76.1 cm³/mol. The maximum Gasteiger partial charge on any atom is 0.154 e. The Hall–Kier alpha value is -2.24. The molecule has 2 aromatic heterocycles. The van der Waals surface area contributed by atoms with Crippen molar-refractivity contribution in [1.82, 2.24) is 19.9 Å². The maximum atomic E-state index is 10.0. The van der Waals surface area contributed by atoms with E-state index in [4.69, 9.17) is 0 Å². The van der Waals surface area contributed by atoms with Crippen LogP contribution in [0.4, 0.5) is 0 Å². The van der Waals surface area contributed by atoms with Gasteiger partial charge >= 0.3 is 0 Å². The van der Waals surface area contributed by atoms with E-state index in [0.29, 0.717) is 13.1 Å². The largest absolute Gasteiger partial charge is 0.387 e. The Kier molecular flexibility index (Phi) is 3.71. The molecule has 0 spiro atoms. The molecule has 0 unspecified atom stereocenters. The molecule has 0 radical (unpaired) electrons. The van der Waals surface area contributed by atoms with Crippen LogP contribution in [0.2, 0.25) is 0 Å². The average Bonchev–Trinajstić information content (AvgIpc) is 2.95. The summed E-state index contributed by atoms with van der Waals surface area (Å²) in [5, 5.41) is 17.4. The fourth-order valence-electron chi connectivity index (χ4n) is 2.09. The molecular weight excluding hydrogens is 252 g/mol. The number of fused-ring (bicyclic) bond motifs is 1. The highest BCUT2D eigenvalue weighted by Gasteiger charge is 2.06. The topological polar surface area (TPSA) is 62.5 Å². The monoisotopic (exact) mass is 268 g/mol. The number of aliphatic hydroxyl groups excluding tert-OH is 1. The van der Waals surface area contributed by atoms with Gasteiger partial charge in [0.2, 0.25) is 0 Å². The van der Waals surface area contributed by atoms with Crippen molar-refractivity contribution in [1.29, 1.82) is 0 Å². The lowest BCUT2D eigenvalue weighted by atomic mass is 10.1. The van der Waals surface area contributed by atoms with E-state index in [0.717, 1.165) is 16.8 Å². The summed E-state index contributed by atoms with van der Waals surface area (Å²) in [6.07, 6.45) is 4.97. The number of aromatic nitrogens is 3. The highest BCUT2D eigenvalue weighted by atomic mass is 16.3. The lowest BCUT2D eigenvalue weighted by molar-refractivity contribution is 0.174. The van der Waals surface area contributed by atoms with Gasteiger partial charge in [-0.15, -0.1) is 0 Å². The zero-order chi connectivity index (χ0) is 13.8. The molecule has 1 atom stereocenters. The van der Waals surface area contributed by atoms with Crippen LogP contribution in [-0.4, -0.2) is 26.2 Å². The van der Waals surface area contributed by atoms with Gasteiger partial charge in [-0.05, 0) is 5.56 Å². The molecule has 0 amide bonds. The third-order valence-electron chi connectivity index (χ3n) is 3.15. The van der Waals surface area contributed by atoms with Gasteiger partial charge in [0.15, 0.2) is 5.65 Å². The lowest BCUT2D eigenvalue weighted by Crippen LogP contribution is -2.21. The summed E-state index contributed by atoms with van der Waals surface area (Å²) in [4.78, 5) is 4.30. The fraction of sp³-hybridized carbons (Fsp3) is 0.200. The Balaban J connectivity index is 1.57. The fourth-order valence-corrected chi connectivity index (χ4v) is 2.09. The summed E-state index contributed by atoms with van der Waals surface area (Å²) in [5.41, 5.74) is 2.78. The molecule has 102 valence electrons. The van der Waals surface area contributed by atoms with E-state index < -0.39 is 6.10 Å². The van der Waals surface area contributed by atoms with Gasteiger partial charge in [0.05, 0.1) is 12.3 Å². The van der Waals surface area contributed by atoms with Gasteiger partial charge in [-0.1, -0.05) is 30.3 Å². The number of hydrogen-bond donors (Lipinski definition) is 2. The second kappa shape index (κ2) is 5.81. The van der Waals surface area contributed by atoms with Gasteiger partial charge in [-0.25, -0.2) is 9.50 Å². The molecule has 0 aliphatic carbocycles. The second-order valence-corrected chi connectivity index (χ2v) is 4.65. The van der Waals surface area contributed by atoms with Crippen molar-refractivity contribution in [2.75, 3.05) is 6.54 Å². The number of benzene rings is 1. The molecule has 5 nitrogen and oxygen atoms in total. The second-order valence-electron chi connectivity index (χ2n) is 4.65. The minimum Gasteiger partial charge on any atom is -0.387 e. The van der Waals surface area contributed by atoms with Crippen molar-refractivity contribution in [2.24, 2.45) is 0 Å². The van der Waals surface area contributed by atoms with Crippen LogP contribution >= 0.6 is 0 Å². The van der Waals surface area contributed by atoms with Crippen molar-refractivity contribution in [3.8, 4) is 0 Å². The molecular formula is C15H16N4O. The van der Waals surface area contributed by atoms with Gasteiger partial charge < -0.3 is 10.4 Å². The van der Waals surface area contributed by atoms with Gasteiger partial charge in [0.1, 0.15) is 0 Å². The number of hydrogen-bond acceptors (Lipinski definition) is 4. The van der Waals surface area contributed by atoms with Crippen LogP contribution in [0.15, 0.2) is 55.0 Å². The smallest absolute Gasteiger partial charge is 0.154 e. The van der Waals surface area contributed by atoms with Crippen LogP contribution in [-0.2, 0) is 6.54 Å². The van der Waals surface area contributed by atoms with E-state index in [1.165, 1.54) is 0 Å². The normalized spacial score (nSPS) is 12.7. The number of aliphatic hydroxyl groups is 1. The Morgan fingerprint density at radius 1 is 1.20 bits per heavy atom. The Morgan fingerprint density at radius 2 is 2.05 bits per heavy atom. The van der Waals surface area contributed by atoms with E-state index in [9.17, 15) is 5.11 Å². The molecule has 0 saturated carbocycles. The van der Waals surface area contributed by atoms with Crippen LogP contribution in [0.5, 0.6) is 0 Å². The molecule has 3 aromatic rings. The molecule has 0 fully saturated rings. The standard InChI is InChI=1S/C15H16N4O/c20-14(13-4-2-1-3-5-13)10-16-8-12-9-17-15-6-7-18-19(15)11-12/h1-7,9,11,14,16,20H,8,10H2/t14-/m1/s1. The van der Waals surface area contributed by atoms with Gasteiger partial charge in [0, 0.05) is 37.1 Å². The zero-order valence-electron chi connectivity index (χ0n) is 11.0. The quantitative estimate of drug-likeness (QED) is 0.737. The van der Waals surface area contributed by atoms with Crippen molar-refractivity contribution in [2.45, 2.75) is 12.6 Å². The number of nitrogens with zero attached hydrogens (tertiary/aromatic N) is 3. The summed E-state index contributed by atoms with van der Waals surface area (Å²) >= 11 is 0.